The monoisotopic (exact) mass is 272 g/mol. The van der Waals surface area contributed by atoms with Crippen LogP contribution in [0.1, 0.15) is 11.3 Å². The number of anilines is 1. The predicted octanol–water partition coefficient (Wildman–Crippen LogP) is 1.64. The summed E-state index contributed by atoms with van der Waals surface area (Å²) in [7, 11) is 1.67. The second-order valence-corrected chi connectivity index (χ2v) is 4.46. The lowest BCUT2D eigenvalue weighted by Crippen LogP contribution is -2.09. The molecule has 0 aliphatic heterocycles. The molecule has 0 bridgehead atoms. The van der Waals surface area contributed by atoms with E-state index in [2.05, 4.69) is 27.4 Å². The quantitative estimate of drug-likeness (QED) is 0.801. The molecular formula is C15H20N4O. The Morgan fingerprint density at radius 2 is 1.95 bits per heavy atom. The van der Waals surface area contributed by atoms with Gasteiger partial charge >= 0.3 is 0 Å². The van der Waals surface area contributed by atoms with Crippen molar-refractivity contribution in [2.45, 2.75) is 12.8 Å². The average molecular weight is 272 g/mol. The molecule has 5 heteroatoms. The zero-order valence-corrected chi connectivity index (χ0v) is 11.7. The van der Waals surface area contributed by atoms with Gasteiger partial charge in [-0.15, -0.1) is 0 Å². The molecule has 0 aliphatic rings. The molecular weight excluding hydrogens is 252 g/mol. The molecule has 0 aliphatic carbocycles. The first kappa shape index (κ1) is 14.3. The Balaban J connectivity index is 1.84. The van der Waals surface area contributed by atoms with Gasteiger partial charge in [-0.2, -0.15) is 0 Å². The van der Waals surface area contributed by atoms with Crippen LogP contribution in [0.3, 0.4) is 0 Å². The first-order valence-electron chi connectivity index (χ1n) is 6.69. The Bertz CT molecular complexity index is 528. The molecule has 0 saturated heterocycles. The zero-order chi connectivity index (χ0) is 14.2. The van der Waals surface area contributed by atoms with Crippen LogP contribution in [-0.4, -0.2) is 30.2 Å². The van der Waals surface area contributed by atoms with Gasteiger partial charge in [0.25, 0.3) is 0 Å². The number of hydrogen-bond acceptors (Lipinski definition) is 5. The van der Waals surface area contributed by atoms with Crippen LogP contribution in [0.2, 0.25) is 0 Å². The summed E-state index contributed by atoms with van der Waals surface area (Å²) >= 11 is 0. The maximum Gasteiger partial charge on any atom is 0.129 e. The van der Waals surface area contributed by atoms with E-state index in [4.69, 9.17) is 10.5 Å². The number of nitrogens with one attached hydrogen (secondary N) is 1. The summed E-state index contributed by atoms with van der Waals surface area (Å²) in [4.78, 5) is 8.37. The van der Waals surface area contributed by atoms with Crippen LogP contribution >= 0.6 is 0 Å². The second-order valence-electron chi connectivity index (χ2n) is 4.46. The third kappa shape index (κ3) is 4.20. The van der Waals surface area contributed by atoms with Crippen LogP contribution in [-0.2, 0) is 12.8 Å². The standard InChI is InChI=1S/C15H20N4O/c1-20-14-4-2-12(3-5-14)7-9-17-15-10-13(6-8-16)18-11-19-15/h2-5,10-11H,6-9,16H2,1H3,(H,17,18,19). The number of hydrogen-bond donors (Lipinski definition) is 2. The van der Waals surface area contributed by atoms with Crippen molar-refractivity contribution < 1.29 is 4.74 Å². The highest BCUT2D eigenvalue weighted by atomic mass is 16.5. The minimum Gasteiger partial charge on any atom is -0.497 e. The van der Waals surface area contributed by atoms with Gasteiger partial charge in [-0.05, 0) is 30.7 Å². The van der Waals surface area contributed by atoms with E-state index < -0.39 is 0 Å². The second kappa shape index (κ2) is 7.45. The van der Waals surface area contributed by atoms with Crippen molar-refractivity contribution >= 4 is 5.82 Å². The number of benzene rings is 1. The van der Waals surface area contributed by atoms with E-state index in [-0.39, 0.29) is 0 Å². The maximum absolute atomic E-state index is 5.52. The highest BCUT2D eigenvalue weighted by Crippen LogP contribution is 2.12. The van der Waals surface area contributed by atoms with Gasteiger partial charge in [0.1, 0.15) is 17.9 Å². The zero-order valence-electron chi connectivity index (χ0n) is 11.7. The van der Waals surface area contributed by atoms with Gasteiger partial charge in [0, 0.05) is 24.7 Å². The molecule has 2 rings (SSSR count). The largest absolute Gasteiger partial charge is 0.497 e. The van der Waals surface area contributed by atoms with Crippen molar-refractivity contribution in [3.05, 3.63) is 47.9 Å². The van der Waals surface area contributed by atoms with Crippen molar-refractivity contribution in [3.8, 4) is 5.75 Å². The highest BCUT2D eigenvalue weighted by molar-refractivity contribution is 5.35. The first-order valence-corrected chi connectivity index (χ1v) is 6.69. The molecule has 0 fully saturated rings. The van der Waals surface area contributed by atoms with Crippen molar-refractivity contribution in [3.63, 3.8) is 0 Å². The SMILES string of the molecule is COc1ccc(CCNc2cc(CCN)ncn2)cc1. The van der Waals surface area contributed by atoms with Crippen molar-refractivity contribution in [2.75, 3.05) is 25.5 Å². The molecule has 2 aromatic rings. The number of rotatable bonds is 7. The van der Waals surface area contributed by atoms with Crippen LogP contribution in [0.15, 0.2) is 36.7 Å². The van der Waals surface area contributed by atoms with E-state index in [1.54, 1.807) is 13.4 Å². The molecule has 106 valence electrons. The fraction of sp³-hybridized carbons (Fsp3) is 0.333. The van der Waals surface area contributed by atoms with Gasteiger partial charge in [-0.25, -0.2) is 9.97 Å². The van der Waals surface area contributed by atoms with Crippen molar-refractivity contribution in [1.29, 1.82) is 0 Å². The van der Waals surface area contributed by atoms with Crippen LogP contribution < -0.4 is 15.8 Å². The minimum absolute atomic E-state index is 0.600. The van der Waals surface area contributed by atoms with Gasteiger partial charge in [-0.1, -0.05) is 12.1 Å². The molecule has 5 nitrogen and oxygen atoms in total. The van der Waals surface area contributed by atoms with Gasteiger partial charge in [0.15, 0.2) is 0 Å². The van der Waals surface area contributed by atoms with Crippen molar-refractivity contribution in [1.82, 2.24) is 9.97 Å². The third-order valence-corrected chi connectivity index (χ3v) is 3.00. The lowest BCUT2D eigenvalue weighted by Gasteiger charge is -2.07. The van der Waals surface area contributed by atoms with Crippen LogP contribution in [0.5, 0.6) is 5.75 Å². The maximum atomic E-state index is 5.52. The summed E-state index contributed by atoms with van der Waals surface area (Å²) in [6.45, 7) is 1.42. The van der Waals surface area contributed by atoms with Gasteiger partial charge < -0.3 is 15.8 Å². The predicted molar refractivity (Wildman–Crippen MR) is 80.0 cm³/mol. The van der Waals surface area contributed by atoms with Gasteiger partial charge in [-0.3, -0.25) is 0 Å². The Kier molecular flexibility index (Phi) is 5.32. The van der Waals surface area contributed by atoms with E-state index in [1.807, 2.05) is 18.2 Å². The molecule has 0 radical (unpaired) electrons. The Morgan fingerprint density at radius 1 is 1.15 bits per heavy atom. The Morgan fingerprint density at radius 3 is 2.65 bits per heavy atom. The van der Waals surface area contributed by atoms with Crippen LogP contribution in [0.4, 0.5) is 5.82 Å². The molecule has 20 heavy (non-hydrogen) atoms. The lowest BCUT2D eigenvalue weighted by molar-refractivity contribution is 0.414. The summed E-state index contributed by atoms with van der Waals surface area (Å²) in [5.41, 5.74) is 7.75. The molecule has 3 N–H and O–H groups in total. The summed E-state index contributed by atoms with van der Waals surface area (Å²) in [6.07, 6.45) is 3.27. The molecule has 0 atom stereocenters. The highest BCUT2D eigenvalue weighted by Gasteiger charge is 1.99. The molecule has 0 unspecified atom stereocenters. The van der Waals surface area contributed by atoms with Gasteiger partial charge in [0.2, 0.25) is 0 Å². The van der Waals surface area contributed by atoms with E-state index in [0.717, 1.165) is 36.6 Å². The fourth-order valence-corrected chi connectivity index (χ4v) is 1.91. The molecule has 1 aromatic heterocycles. The summed E-state index contributed by atoms with van der Waals surface area (Å²) in [6, 6.07) is 10.0. The van der Waals surface area contributed by atoms with Gasteiger partial charge in [0.05, 0.1) is 7.11 Å². The number of nitrogens with zero attached hydrogens (tertiary/aromatic N) is 2. The fourth-order valence-electron chi connectivity index (χ4n) is 1.91. The molecule has 0 spiro atoms. The van der Waals surface area contributed by atoms with Crippen molar-refractivity contribution in [2.24, 2.45) is 5.73 Å². The molecule has 0 amide bonds. The normalized spacial score (nSPS) is 10.3. The average Bonchev–Trinajstić information content (AvgIpc) is 2.49. The number of nitrogens with two attached hydrogens (primary N) is 1. The summed E-state index contributed by atoms with van der Waals surface area (Å²) in [5, 5.41) is 3.30. The van der Waals surface area contributed by atoms with E-state index in [9.17, 15) is 0 Å². The smallest absolute Gasteiger partial charge is 0.129 e. The summed E-state index contributed by atoms with van der Waals surface area (Å²) in [5.74, 6) is 1.72. The lowest BCUT2D eigenvalue weighted by atomic mass is 10.1. The molecule has 1 heterocycles. The molecule has 0 saturated carbocycles. The Hall–Kier alpha value is -2.14. The topological polar surface area (TPSA) is 73.1 Å². The number of methoxy groups -OCH3 is 1. The first-order chi connectivity index (χ1) is 9.81. The van der Waals surface area contributed by atoms with E-state index in [0.29, 0.717) is 6.54 Å². The van der Waals surface area contributed by atoms with Crippen LogP contribution in [0.25, 0.3) is 0 Å². The Labute approximate surface area is 119 Å². The van der Waals surface area contributed by atoms with Crippen LogP contribution in [0, 0.1) is 0 Å². The van der Waals surface area contributed by atoms with E-state index >= 15 is 0 Å². The minimum atomic E-state index is 0.600. The molecule has 1 aromatic carbocycles. The number of ether oxygens (including phenoxy) is 1. The van der Waals surface area contributed by atoms with E-state index in [1.165, 1.54) is 5.56 Å². The number of aromatic nitrogens is 2. The third-order valence-electron chi connectivity index (χ3n) is 3.00. The summed E-state index contributed by atoms with van der Waals surface area (Å²) < 4.78 is 5.14.